The van der Waals surface area contributed by atoms with Crippen LogP contribution in [0.4, 0.5) is 5.69 Å². The molecule has 3 aromatic rings. The normalized spacial score (nSPS) is 13.9. The molecule has 1 saturated heterocycles. The van der Waals surface area contributed by atoms with Gasteiger partial charge in [-0.1, -0.05) is 24.3 Å². The lowest BCUT2D eigenvalue weighted by atomic mass is 10.2. The van der Waals surface area contributed by atoms with Crippen LogP contribution in [0.5, 0.6) is 0 Å². The number of pyridine rings is 1. The van der Waals surface area contributed by atoms with Gasteiger partial charge >= 0.3 is 0 Å². The maximum atomic E-state index is 12.5. The van der Waals surface area contributed by atoms with Gasteiger partial charge in [0.25, 0.3) is 0 Å². The van der Waals surface area contributed by atoms with Crippen molar-refractivity contribution >= 4 is 28.4 Å². The van der Waals surface area contributed by atoms with Gasteiger partial charge in [-0.2, -0.15) is 0 Å². The van der Waals surface area contributed by atoms with Gasteiger partial charge in [-0.3, -0.25) is 14.4 Å². The van der Waals surface area contributed by atoms with Gasteiger partial charge in [-0.05, 0) is 36.2 Å². The number of rotatable bonds is 5. The number of anilines is 1. The largest absolute Gasteiger partial charge is 0.338 e. The Labute approximate surface area is 162 Å². The molecule has 0 aliphatic carbocycles. The Kier molecular flexibility index (Phi) is 4.93. The molecule has 1 fully saturated rings. The SMILES string of the molecule is O=C(Cn1ccc(=O)c2ccccc21)Nc1cccc(CN2CCCC2=O)c1. The van der Waals surface area contributed by atoms with E-state index in [-0.39, 0.29) is 23.8 Å². The third kappa shape index (κ3) is 3.81. The summed E-state index contributed by atoms with van der Waals surface area (Å²) in [5, 5.41) is 3.50. The molecule has 2 aromatic carbocycles. The lowest BCUT2D eigenvalue weighted by Crippen LogP contribution is -2.24. The van der Waals surface area contributed by atoms with Crippen LogP contribution >= 0.6 is 0 Å². The average Bonchev–Trinajstić information content (AvgIpc) is 3.09. The number of likely N-dealkylation sites (tertiary alicyclic amines) is 1. The summed E-state index contributed by atoms with van der Waals surface area (Å²) in [4.78, 5) is 38.2. The molecule has 6 nitrogen and oxygen atoms in total. The second-order valence-corrected chi connectivity index (χ2v) is 6.99. The molecule has 28 heavy (non-hydrogen) atoms. The van der Waals surface area contributed by atoms with E-state index in [1.54, 1.807) is 16.8 Å². The molecule has 1 aliphatic heterocycles. The zero-order valence-electron chi connectivity index (χ0n) is 15.4. The molecule has 0 spiro atoms. The molecule has 0 atom stereocenters. The van der Waals surface area contributed by atoms with E-state index in [0.717, 1.165) is 24.0 Å². The van der Waals surface area contributed by atoms with Gasteiger partial charge in [0.05, 0.1) is 5.52 Å². The first kappa shape index (κ1) is 18.0. The van der Waals surface area contributed by atoms with Gasteiger partial charge in [0.15, 0.2) is 5.43 Å². The van der Waals surface area contributed by atoms with Crippen LogP contribution in [0.3, 0.4) is 0 Å². The third-order valence-corrected chi connectivity index (χ3v) is 4.95. The molecule has 0 saturated carbocycles. The van der Waals surface area contributed by atoms with E-state index >= 15 is 0 Å². The van der Waals surface area contributed by atoms with Crippen LogP contribution in [0.25, 0.3) is 10.9 Å². The van der Waals surface area contributed by atoms with Crippen molar-refractivity contribution in [3.63, 3.8) is 0 Å². The number of carbonyl (C=O) groups is 2. The molecule has 1 aromatic heterocycles. The fourth-order valence-electron chi connectivity index (χ4n) is 3.59. The van der Waals surface area contributed by atoms with E-state index in [2.05, 4.69) is 5.32 Å². The van der Waals surface area contributed by atoms with E-state index in [1.807, 2.05) is 47.4 Å². The Bertz CT molecular complexity index is 1100. The van der Waals surface area contributed by atoms with Crippen molar-refractivity contribution in [2.45, 2.75) is 25.9 Å². The Hall–Kier alpha value is -3.41. The predicted molar refractivity (Wildman–Crippen MR) is 108 cm³/mol. The number of hydrogen-bond donors (Lipinski definition) is 1. The fourth-order valence-corrected chi connectivity index (χ4v) is 3.59. The highest BCUT2D eigenvalue weighted by Crippen LogP contribution is 2.17. The molecule has 142 valence electrons. The van der Waals surface area contributed by atoms with Crippen molar-refractivity contribution in [3.05, 3.63) is 76.6 Å². The second-order valence-electron chi connectivity index (χ2n) is 6.99. The minimum atomic E-state index is -0.178. The van der Waals surface area contributed by atoms with Crippen LogP contribution in [0.1, 0.15) is 18.4 Å². The first-order valence-electron chi connectivity index (χ1n) is 9.35. The van der Waals surface area contributed by atoms with Gasteiger partial charge in [-0.25, -0.2) is 0 Å². The molecule has 4 rings (SSSR count). The number of fused-ring (bicyclic) bond motifs is 1. The van der Waals surface area contributed by atoms with E-state index in [9.17, 15) is 14.4 Å². The van der Waals surface area contributed by atoms with E-state index in [1.165, 1.54) is 6.07 Å². The number of nitrogens with zero attached hydrogens (tertiary/aromatic N) is 2. The summed E-state index contributed by atoms with van der Waals surface area (Å²) in [5.74, 6) is 0.00253. The van der Waals surface area contributed by atoms with Crippen molar-refractivity contribution in [2.75, 3.05) is 11.9 Å². The first-order chi connectivity index (χ1) is 13.6. The number of para-hydroxylation sites is 1. The number of amides is 2. The molecule has 1 aliphatic rings. The summed E-state index contributed by atoms with van der Waals surface area (Å²) in [6.45, 7) is 1.46. The molecule has 1 N–H and O–H groups in total. The quantitative estimate of drug-likeness (QED) is 0.745. The number of nitrogens with one attached hydrogen (secondary N) is 1. The minimum absolute atomic E-state index is 0.0589. The van der Waals surface area contributed by atoms with E-state index < -0.39 is 0 Å². The molecular formula is C22H21N3O3. The Balaban J connectivity index is 1.47. The van der Waals surface area contributed by atoms with Gasteiger partial charge in [0, 0.05) is 42.8 Å². The van der Waals surface area contributed by atoms with Crippen LogP contribution in [0.15, 0.2) is 65.6 Å². The summed E-state index contributed by atoms with van der Waals surface area (Å²) < 4.78 is 1.76. The zero-order valence-corrected chi connectivity index (χ0v) is 15.4. The number of carbonyl (C=O) groups excluding carboxylic acids is 2. The van der Waals surface area contributed by atoms with Gasteiger partial charge in [-0.15, -0.1) is 0 Å². The van der Waals surface area contributed by atoms with E-state index in [4.69, 9.17) is 0 Å². The Morgan fingerprint density at radius 1 is 1.04 bits per heavy atom. The fraction of sp³-hybridized carbons (Fsp3) is 0.227. The van der Waals surface area contributed by atoms with Crippen LogP contribution in [0, 0.1) is 0 Å². The zero-order chi connectivity index (χ0) is 19.5. The monoisotopic (exact) mass is 375 g/mol. The maximum absolute atomic E-state index is 12.5. The Morgan fingerprint density at radius 3 is 2.71 bits per heavy atom. The van der Waals surface area contributed by atoms with Gasteiger partial charge < -0.3 is 14.8 Å². The summed E-state index contributed by atoms with van der Waals surface area (Å²) in [6.07, 6.45) is 3.16. The van der Waals surface area contributed by atoms with Crippen molar-refractivity contribution in [1.82, 2.24) is 9.47 Å². The van der Waals surface area contributed by atoms with Crippen molar-refractivity contribution in [3.8, 4) is 0 Å². The standard InChI is InChI=1S/C22H21N3O3/c26-20-10-12-24(19-8-2-1-7-18(19)20)15-21(27)23-17-6-3-5-16(13-17)14-25-11-4-9-22(25)28/h1-3,5-8,10,12-13H,4,9,11,14-15H2,(H,23,27). The highest BCUT2D eigenvalue weighted by molar-refractivity contribution is 5.91. The molecule has 2 heterocycles. The van der Waals surface area contributed by atoms with E-state index in [0.29, 0.717) is 24.0 Å². The van der Waals surface area contributed by atoms with Crippen LogP contribution in [-0.2, 0) is 22.7 Å². The van der Waals surface area contributed by atoms with Crippen LogP contribution in [-0.4, -0.2) is 27.8 Å². The smallest absolute Gasteiger partial charge is 0.244 e. The van der Waals surface area contributed by atoms with Crippen molar-refractivity contribution in [2.24, 2.45) is 0 Å². The van der Waals surface area contributed by atoms with Crippen LogP contribution < -0.4 is 10.7 Å². The molecule has 6 heteroatoms. The summed E-state index contributed by atoms with van der Waals surface area (Å²) in [6, 6.07) is 16.3. The Morgan fingerprint density at radius 2 is 1.89 bits per heavy atom. The summed E-state index contributed by atoms with van der Waals surface area (Å²) >= 11 is 0. The first-order valence-corrected chi connectivity index (χ1v) is 9.35. The highest BCUT2D eigenvalue weighted by Gasteiger charge is 2.20. The number of benzene rings is 2. The number of aromatic nitrogens is 1. The van der Waals surface area contributed by atoms with Gasteiger partial charge in [0.2, 0.25) is 11.8 Å². The molecule has 0 bridgehead atoms. The van der Waals surface area contributed by atoms with Crippen molar-refractivity contribution < 1.29 is 9.59 Å². The van der Waals surface area contributed by atoms with Gasteiger partial charge in [0.1, 0.15) is 6.54 Å². The topological polar surface area (TPSA) is 71.4 Å². The van der Waals surface area contributed by atoms with Crippen molar-refractivity contribution in [1.29, 1.82) is 0 Å². The molecule has 2 amide bonds. The molecular weight excluding hydrogens is 354 g/mol. The second kappa shape index (κ2) is 7.68. The minimum Gasteiger partial charge on any atom is -0.338 e. The average molecular weight is 375 g/mol. The summed E-state index contributed by atoms with van der Waals surface area (Å²) in [5.41, 5.74) is 2.35. The molecule has 0 unspecified atom stereocenters. The highest BCUT2D eigenvalue weighted by atomic mass is 16.2. The third-order valence-electron chi connectivity index (χ3n) is 4.95. The molecule has 0 radical (unpaired) electrons. The number of hydrogen-bond acceptors (Lipinski definition) is 3. The maximum Gasteiger partial charge on any atom is 0.244 e. The lowest BCUT2D eigenvalue weighted by molar-refractivity contribution is -0.128. The lowest BCUT2D eigenvalue weighted by Gasteiger charge is -2.16. The van der Waals surface area contributed by atoms with Crippen LogP contribution in [0.2, 0.25) is 0 Å². The summed E-state index contributed by atoms with van der Waals surface area (Å²) in [7, 11) is 0. The predicted octanol–water partition coefficient (Wildman–Crippen LogP) is 2.76.